The third-order valence-corrected chi connectivity index (χ3v) is 4.14. The largest absolute Gasteiger partial charge is 0.384 e. The van der Waals surface area contributed by atoms with Crippen LogP contribution in [0.4, 0.5) is 0 Å². The van der Waals surface area contributed by atoms with Gasteiger partial charge in [0.05, 0.1) is 12.4 Å². The van der Waals surface area contributed by atoms with E-state index in [0.717, 1.165) is 19.3 Å². The first kappa shape index (κ1) is 12.9. The molecule has 1 aliphatic carbocycles. The fraction of sp³-hybridized carbons (Fsp3) is 1.00. The molecular formula is C9H20N2O3S. The molecule has 90 valence electrons. The van der Waals surface area contributed by atoms with E-state index in [1.165, 1.54) is 7.11 Å². The predicted molar refractivity (Wildman–Crippen MR) is 59.0 cm³/mol. The van der Waals surface area contributed by atoms with Crippen molar-refractivity contribution in [3.63, 3.8) is 0 Å². The molecule has 0 heterocycles. The lowest BCUT2D eigenvalue weighted by Crippen LogP contribution is -2.34. The summed E-state index contributed by atoms with van der Waals surface area (Å²) < 4.78 is 30.2. The first-order chi connectivity index (χ1) is 7.04. The molecule has 0 spiro atoms. The molecule has 0 aromatic heterocycles. The summed E-state index contributed by atoms with van der Waals surface area (Å²) in [5, 5.41) is 0. The van der Waals surface area contributed by atoms with Crippen LogP contribution in [0.25, 0.3) is 0 Å². The fourth-order valence-electron chi connectivity index (χ4n) is 1.53. The molecule has 1 aliphatic rings. The topological polar surface area (TPSA) is 81.4 Å². The summed E-state index contributed by atoms with van der Waals surface area (Å²) in [7, 11) is -1.68. The molecular weight excluding hydrogens is 216 g/mol. The zero-order chi connectivity index (χ0) is 11.4. The third kappa shape index (κ3) is 4.46. The van der Waals surface area contributed by atoms with Crippen molar-refractivity contribution >= 4 is 10.0 Å². The normalized spacial score (nSPS) is 19.1. The van der Waals surface area contributed by atoms with E-state index in [4.69, 9.17) is 10.5 Å². The molecule has 1 fully saturated rings. The van der Waals surface area contributed by atoms with E-state index in [2.05, 4.69) is 4.72 Å². The van der Waals surface area contributed by atoms with Gasteiger partial charge in [-0.3, -0.25) is 0 Å². The maximum Gasteiger partial charge on any atom is 0.213 e. The van der Waals surface area contributed by atoms with Gasteiger partial charge in [-0.2, -0.15) is 0 Å². The van der Waals surface area contributed by atoms with E-state index in [9.17, 15) is 8.42 Å². The quantitative estimate of drug-likeness (QED) is 0.605. The van der Waals surface area contributed by atoms with Gasteiger partial charge in [0.15, 0.2) is 0 Å². The van der Waals surface area contributed by atoms with Gasteiger partial charge in [-0.15, -0.1) is 0 Å². The zero-order valence-corrected chi connectivity index (χ0v) is 9.98. The molecule has 3 N–H and O–H groups in total. The van der Waals surface area contributed by atoms with Crippen molar-refractivity contribution < 1.29 is 13.2 Å². The molecule has 0 saturated heterocycles. The zero-order valence-electron chi connectivity index (χ0n) is 9.16. The number of hydrogen-bond acceptors (Lipinski definition) is 4. The molecule has 0 amide bonds. The number of methoxy groups -OCH3 is 1. The Kier molecular flexibility index (Phi) is 4.51. The molecule has 0 atom stereocenters. The number of nitrogens with two attached hydrogens (primary N) is 1. The van der Waals surface area contributed by atoms with Crippen LogP contribution in [0, 0.1) is 5.41 Å². The Balaban J connectivity index is 2.30. The lowest BCUT2D eigenvalue weighted by molar-refractivity contribution is 0.216. The number of nitrogens with one attached hydrogen (secondary N) is 1. The Labute approximate surface area is 91.4 Å². The van der Waals surface area contributed by atoms with Gasteiger partial charge in [0.25, 0.3) is 0 Å². The van der Waals surface area contributed by atoms with Crippen molar-refractivity contribution in [2.24, 2.45) is 11.1 Å². The average Bonchev–Trinajstić information content (AvgIpc) is 2.94. The smallest absolute Gasteiger partial charge is 0.213 e. The highest BCUT2D eigenvalue weighted by Crippen LogP contribution is 2.47. The maximum atomic E-state index is 11.4. The Bertz CT molecular complexity index is 286. The van der Waals surface area contributed by atoms with Crippen LogP contribution < -0.4 is 10.5 Å². The summed E-state index contributed by atoms with van der Waals surface area (Å²) in [6.45, 7) is 1.38. The minimum Gasteiger partial charge on any atom is -0.384 e. The number of rotatable bonds is 8. The van der Waals surface area contributed by atoms with Crippen molar-refractivity contribution in [2.75, 3.05) is 32.6 Å². The number of ether oxygens (including phenoxy) is 1. The minimum absolute atomic E-state index is 0.0300. The van der Waals surface area contributed by atoms with Gasteiger partial charge in [0.1, 0.15) is 0 Å². The van der Waals surface area contributed by atoms with Gasteiger partial charge in [0.2, 0.25) is 10.0 Å². The van der Waals surface area contributed by atoms with Crippen LogP contribution in [0.5, 0.6) is 0 Å². The summed E-state index contributed by atoms with van der Waals surface area (Å²) in [5.74, 6) is 0.0300. The van der Waals surface area contributed by atoms with E-state index in [-0.39, 0.29) is 17.8 Å². The van der Waals surface area contributed by atoms with Gasteiger partial charge >= 0.3 is 0 Å². The van der Waals surface area contributed by atoms with Crippen LogP contribution in [-0.2, 0) is 14.8 Å². The summed E-state index contributed by atoms with van der Waals surface area (Å²) in [5.41, 5.74) is 5.62. The van der Waals surface area contributed by atoms with Crippen LogP contribution in [0.2, 0.25) is 0 Å². The highest BCUT2D eigenvalue weighted by Gasteiger charge is 2.42. The number of hydrogen-bond donors (Lipinski definition) is 2. The Morgan fingerprint density at radius 2 is 2.13 bits per heavy atom. The summed E-state index contributed by atoms with van der Waals surface area (Å²) in [4.78, 5) is 0. The van der Waals surface area contributed by atoms with Crippen LogP contribution in [0.1, 0.15) is 19.3 Å². The Hall–Kier alpha value is -0.170. The number of sulfonamides is 1. The van der Waals surface area contributed by atoms with Crippen molar-refractivity contribution in [2.45, 2.75) is 19.3 Å². The molecule has 0 unspecified atom stereocenters. The standard InChI is InChI=1S/C9H20N2O3S/c1-14-6-7-15(12,13)11-8-9(2-3-9)4-5-10/h11H,2-8,10H2,1H3. The molecule has 15 heavy (non-hydrogen) atoms. The van der Waals surface area contributed by atoms with Crippen LogP contribution in [-0.4, -0.2) is 41.0 Å². The van der Waals surface area contributed by atoms with Crippen molar-refractivity contribution in [3.8, 4) is 0 Å². The lowest BCUT2D eigenvalue weighted by atomic mass is 10.0. The molecule has 0 bridgehead atoms. The highest BCUT2D eigenvalue weighted by molar-refractivity contribution is 7.89. The second-order valence-corrected chi connectivity index (χ2v) is 6.10. The van der Waals surface area contributed by atoms with Gasteiger partial charge in [-0.05, 0) is 31.2 Å². The van der Waals surface area contributed by atoms with E-state index in [0.29, 0.717) is 13.1 Å². The predicted octanol–water partition coefficient (Wildman–Crippen LogP) is -0.319. The summed E-state index contributed by atoms with van der Waals surface area (Å²) in [6, 6.07) is 0. The van der Waals surface area contributed by atoms with Gasteiger partial charge in [-0.25, -0.2) is 13.1 Å². The molecule has 0 radical (unpaired) electrons. The molecule has 1 rings (SSSR count). The van der Waals surface area contributed by atoms with Gasteiger partial charge in [0, 0.05) is 13.7 Å². The molecule has 0 aliphatic heterocycles. The molecule has 0 aromatic rings. The Morgan fingerprint density at radius 1 is 1.47 bits per heavy atom. The second-order valence-electron chi connectivity index (χ2n) is 4.17. The first-order valence-electron chi connectivity index (χ1n) is 5.20. The van der Waals surface area contributed by atoms with Crippen LogP contribution in [0.15, 0.2) is 0 Å². The van der Waals surface area contributed by atoms with E-state index in [1.807, 2.05) is 0 Å². The van der Waals surface area contributed by atoms with Crippen LogP contribution in [0.3, 0.4) is 0 Å². The van der Waals surface area contributed by atoms with E-state index < -0.39 is 10.0 Å². The van der Waals surface area contributed by atoms with Crippen molar-refractivity contribution in [1.29, 1.82) is 0 Å². The van der Waals surface area contributed by atoms with Gasteiger partial charge < -0.3 is 10.5 Å². The fourth-order valence-corrected chi connectivity index (χ4v) is 2.58. The molecule has 1 saturated carbocycles. The highest BCUT2D eigenvalue weighted by atomic mass is 32.2. The van der Waals surface area contributed by atoms with Gasteiger partial charge in [-0.1, -0.05) is 0 Å². The SMILES string of the molecule is COCCS(=O)(=O)NCC1(CCN)CC1. The minimum atomic E-state index is -3.17. The summed E-state index contributed by atoms with van der Waals surface area (Å²) in [6.07, 6.45) is 3.06. The average molecular weight is 236 g/mol. The van der Waals surface area contributed by atoms with Crippen molar-refractivity contribution in [1.82, 2.24) is 4.72 Å². The maximum absolute atomic E-state index is 11.4. The third-order valence-electron chi connectivity index (χ3n) is 2.86. The van der Waals surface area contributed by atoms with E-state index >= 15 is 0 Å². The Morgan fingerprint density at radius 3 is 2.60 bits per heavy atom. The molecule has 6 heteroatoms. The first-order valence-corrected chi connectivity index (χ1v) is 6.85. The van der Waals surface area contributed by atoms with Crippen LogP contribution >= 0.6 is 0 Å². The van der Waals surface area contributed by atoms with Crippen molar-refractivity contribution in [3.05, 3.63) is 0 Å². The summed E-state index contributed by atoms with van der Waals surface area (Å²) >= 11 is 0. The lowest BCUT2D eigenvalue weighted by Gasteiger charge is -2.14. The monoisotopic (exact) mass is 236 g/mol. The second kappa shape index (κ2) is 5.25. The van der Waals surface area contributed by atoms with E-state index in [1.54, 1.807) is 0 Å². The molecule has 5 nitrogen and oxygen atoms in total. The molecule has 0 aromatic carbocycles.